The molecule has 0 saturated carbocycles. The molecule has 0 radical (unpaired) electrons. The van der Waals surface area contributed by atoms with Crippen molar-refractivity contribution >= 4 is 27.7 Å². The smallest absolute Gasteiger partial charge is 0.224 e. The summed E-state index contributed by atoms with van der Waals surface area (Å²) in [5.41, 5.74) is 0. The van der Waals surface area contributed by atoms with E-state index >= 15 is 0 Å². The maximum absolute atomic E-state index is 12.1. The predicted molar refractivity (Wildman–Crippen MR) is 80.1 cm³/mol. The van der Waals surface area contributed by atoms with Crippen LogP contribution in [0.15, 0.2) is 22.8 Å². The minimum atomic E-state index is 0.256. The Morgan fingerprint density at radius 1 is 1.26 bits per heavy atom. The molecule has 1 saturated heterocycles. The van der Waals surface area contributed by atoms with E-state index in [2.05, 4.69) is 26.2 Å². The molecule has 5 heteroatoms. The lowest BCUT2D eigenvalue weighted by Crippen LogP contribution is -2.32. The molecule has 0 aliphatic carbocycles. The van der Waals surface area contributed by atoms with Gasteiger partial charge in [0.05, 0.1) is 0 Å². The van der Waals surface area contributed by atoms with Crippen molar-refractivity contribution in [3.05, 3.63) is 22.8 Å². The first kappa shape index (κ1) is 14.3. The van der Waals surface area contributed by atoms with Crippen molar-refractivity contribution in [1.82, 2.24) is 9.88 Å². The van der Waals surface area contributed by atoms with Gasteiger partial charge in [-0.3, -0.25) is 4.79 Å². The number of likely N-dealkylation sites (tertiary alicyclic amines) is 1. The Morgan fingerprint density at radius 2 is 2.00 bits per heavy atom. The number of hydrogen-bond donors (Lipinski definition) is 1. The third-order valence-electron chi connectivity index (χ3n) is 3.33. The summed E-state index contributed by atoms with van der Waals surface area (Å²) >= 11 is 3.35. The molecular formula is C14H20BrN3O. The summed E-state index contributed by atoms with van der Waals surface area (Å²) in [6.07, 6.45) is 7.09. The fraction of sp³-hybridized carbons (Fsp3) is 0.571. The van der Waals surface area contributed by atoms with E-state index in [0.29, 0.717) is 13.0 Å². The quantitative estimate of drug-likeness (QED) is 0.925. The summed E-state index contributed by atoms with van der Waals surface area (Å²) in [6, 6.07) is 3.84. The van der Waals surface area contributed by atoms with E-state index in [9.17, 15) is 4.79 Å². The topological polar surface area (TPSA) is 45.2 Å². The highest BCUT2D eigenvalue weighted by Crippen LogP contribution is 2.12. The van der Waals surface area contributed by atoms with Crippen LogP contribution in [-0.4, -0.2) is 35.4 Å². The molecule has 1 aliphatic rings. The van der Waals surface area contributed by atoms with Gasteiger partial charge in [-0.2, -0.15) is 0 Å². The van der Waals surface area contributed by atoms with Crippen LogP contribution in [0, 0.1) is 0 Å². The highest BCUT2D eigenvalue weighted by atomic mass is 79.9. The Kier molecular flexibility index (Phi) is 5.63. The molecular weight excluding hydrogens is 306 g/mol. The van der Waals surface area contributed by atoms with E-state index in [-0.39, 0.29) is 5.91 Å². The molecule has 1 N–H and O–H groups in total. The van der Waals surface area contributed by atoms with Crippen LogP contribution in [0.1, 0.15) is 32.1 Å². The highest BCUT2D eigenvalue weighted by Gasteiger charge is 2.14. The number of aromatic nitrogens is 1. The number of nitrogens with zero attached hydrogens (tertiary/aromatic N) is 2. The molecule has 1 amide bonds. The van der Waals surface area contributed by atoms with Gasteiger partial charge in [0.25, 0.3) is 0 Å². The summed E-state index contributed by atoms with van der Waals surface area (Å²) in [7, 11) is 0. The maximum Gasteiger partial charge on any atom is 0.224 e. The normalized spacial score (nSPS) is 15.9. The molecule has 104 valence electrons. The van der Waals surface area contributed by atoms with Crippen molar-refractivity contribution < 1.29 is 4.79 Å². The van der Waals surface area contributed by atoms with Crippen molar-refractivity contribution in [3.8, 4) is 0 Å². The summed E-state index contributed by atoms with van der Waals surface area (Å²) in [4.78, 5) is 18.3. The minimum Gasteiger partial charge on any atom is -0.370 e. The number of hydrogen-bond acceptors (Lipinski definition) is 3. The fourth-order valence-electron chi connectivity index (χ4n) is 2.26. The molecule has 1 aromatic heterocycles. The van der Waals surface area contributed by atoms with Gasteiger partial charge in [-0.15, -0.1) is 0 Å². The number of rotatable bonds is 4. The van der Waals surface area contributed by atoms with Gasteiger partial charge in [0.1, 0.15) is 5.82 Å². The van der Waals surface area contributed by atoms with Crippen molar-refractivity contribution in [3.63, 3.8) is 0 Å². The van der Waals surface area contributed by atoms with Crippen molar-refractivity contribution in [2.75, 3.05) is 25.0 Å². The number of carbonyl (C=O) groups excluding carboxylic acids is 1. The van der Waals surface area contributed by atoms with Crippen molar-refractivity contribution in [1.29, 1.82) is 0 Å². The van der Waals surface area contributed by atoms with E-state index in [0.717, 1.165) is 36.2 Å². The first-order chi connectivity index (χ1) is 9.25. The van der Waals surface area contributed by atoms with Crippen LogP contribution in [0.25, 0.3) is 0 Å². The third-order valence-corrected chi connectivity index (χ3v) is 3.80. The van der Waals surface area contributed by atoms with Crippen LogP contribution in [0.4, 0.5) is 5.82 Å². The van der Waals surface area contributed by atoms with Crippen LogP contribution in [0.5, 0.6) is 0 Å². The van der Waals surface area contributed by atoms with Gasteiger partial charge in [-0.05, 0) is 40.9 Å². The highest BCUT2D eigenvalue weighted by molar-refractivity contribution is 9.10. The average Bonchev–Trinajstić information content (AvgIpc) is 2.70. The molecule has 0 spiro atoms. The maximum atomic E-state index is 12.1. The zero-order valence-corrected chi connectivity index (χ0v) is 12.7. The SMILES string of the molecule is O=C(CCNc1ccc(Br)cn1)N1CCCCCC1. The fourth-order valence-corrected chi connectivity index (χ4v) is 2.49. The standard InChI is InChI=1S/C14H20BrN3O/c15-12-5-6-13(17-11-12)16-8-7-14(19)18-9-3-1-2-4-10-18/h5-6,11H,1-4,7-10H2,(H,16,17). The minimum absolute atomic E-state index is 0.256. The Labute approximate surface area is 122 Å². The van der Waals surface area contributed by atoms with Crippen molar-refractivity contribution in [2.24, 2.45) is 0 Å². The van der Waals surface area contributed by atoms with Gasteiger partial charge in [0.15, 0.2) is 0 Å². The second-order valence-corrected chi connectivity index (χ2v) is 5.75. The van der Waals surface area contributed by atoms with Gasteiger partial charge in [-0.1, -0.05) is 12.8 Å². The monoisotopic (exact) mass is 325 g/mol. The first-order valence-electron chi connectivity index (χ1n) is 6.89. The first-order valence-corrected chi connectivity index (χ1v) is 7.68. The molecule has 1 fully saturated rings. The van der Waals surface area contributed by atoms with Gasteiger partial charge in [0.2, 0.25) is 5.91 Å². The molecule has 2 heterocycles. The zero-order valence-electron chi connectivity index (χ0n) is 11.1. The molecule has 4 nitrogen and oxygen atoms in total. The largest absolute Gasteiger partial charge is 0.370 e. The van der Waals surface area contributed by atoms with Gasteiger partial charge >= 0.3 is 0 Å². The number of nitrogens with one attached hydrogen (secondary N) is 1. The number of amides is 1. The lowest BCUT2D eigenvalue weighted by Gasteiger charge is -2.20. The molecule has 19 heavy (non-hydrogen) atoms. The Hall–Kier alpha value is -1.10. The van der Waals surface area contributed by atoms with Gasteiger partial charge in [-0.25, -0.2) is 4.98 Å². The second kappa shape index (κ2) is 7.48. The third kappa shape index (κ3) is 4.82. The summed E-state index contributed by atoms with van der Waals surface area (Å²) in [5.74, 6) is 1.07. The second-order valence-electron chi connectivity index (χ2n) is 4.83. The molecule has 0 aromatic carbocycles. The summed E-state index contributed by atoms with van der Waals surface area (Å²) in [6.45, 7) is 2.49. The van der Waals surface area contributed by atoms with Gasteiger partial charge < -0.3 is 10.2 Å². The molecule has 1 aliphatic heterocycles. The number of carbonyl (C=O) groups is 1. The number of pyridine rings is 1. The predicted octanol–water partition coefficient (Wildman–Crippen LogP) is 3.05. The van der Waals surface area contributed by atoms with Crippen LogP contribution in [0.2, 0.25) is 0 Å². The van der Waals surface area contributed by atoms with Crippen molar-refractivity contribution in [2.45, 2.75) is 32.1 Å². The van der Waals surface area contributed by atoms with Crippen LogP contribution in [0.3, 0.4) is 0 Å². The number of anilines is 1. The molecule has 0 atom stereocenters. The van der Waals surface area contributed by atoms with E-state index in [1.54, 1.807) is 6.20 Å². The van der Waals surface area contributed by atoms with E-state index in [1.165, 1.54) is 12.8 Å². The van der Waals surface area contributed by atoms with E-state index in [4.69, 9.17) is 0 Å². The Balaban J connectivity index is 1.72. The lowest BCUT2D eigenvalue weighted by atomic mass is 10.2. The van der Waals surface area contributed by atoms with Crippen LogP contribution in [-0.2, 0) is 4.79 Å². The lowest BCUT2D eigenvalue weighted by molar-refractivity contribution is -0.130. The summed E-state index contributed by atoms with van der Waals surface area (Å²) in [5, 5.41) is 3.18. The zero-order chi connectivity index (χ0) is 13.5. The molecule has 0 bridgehead atoms. The number of halogens is 1. The van der Waals surface area contributed by atoms with Gasteiger partial charge in [0, 0.05) is 36.7 Å². The molecule has 0 unspecified atom stereocenters. The summed E-state index contributed by atoms with van der Waals surface area (Å²) < 4.78 is 0.957. The molecule has 2 rings (SSSR count). The molecule has 1 aromatic rings. The Morgan fingerprint density at radius 3 is 2.63 bits per heavy atom. The van der Waals surface area contributed by atoms with E-state index < -0.39 is 0 Å². The Bertz CT molecular complexity index is 400. The average molecular weight is 326 g/mol. The van der Waals surface area contributed by atoms with E-state index in [1.807, 2.05) is 17.0 Å². The van der Waals surface area contributed by atoms with Crippen LogP contribution >= 0.6 is 15.9 Å². The van der Waals surface area contributed by atoms with Crippen LogP contribution < -0.4 is 5.32 Å².